The van der Waals surface area contributed by atoms with Crippen molar-refractivity contribution >= 4 is 96.0 Å². The summed E-state index contributed by atoms with van der Waals surface area (Å²) in [4.78, 5) is 0. The van der Waals surface area contributed by atoms with E-state index < -0.39 is 0 Å². The molecule has 8 aliphatic rings. The summed E-state index contributed by atoms with van der Waals surface area (Å²) in [6.07, 6.45) is 59.5. The summed E-state index contributed by atoms with van der Waals surface area (Å²) in [5.41, 5.74) is 19.8. The molecule has 0 aliphatic heterocycles. The minimum Gasteiger partial charge on any atom is -1.00 e. The van der Waals surface area contributed by atoms with E-state index in [0.717, 1.165) is 45.3 Å². The topological polar surface area (TPSA) is 0 Å². The molecule has 8 saturated carbocycles. The normalized spacial score (nSPS) is 20.1. The molecule has 0 N–H and O–H groups in total. The van der Waals surface area contributed by atoms with Gasteiger partial charge in [0.15, 0.2) is 0 Å². The van der Waals surface area contributed by atoms with Crippen molar-refractivity contribution in [3.63, 3.8) is 0 Å². The first-order valence-corrected chi connectivity index (χ1v) is 46.7. The van der Waals surface area contributed by atoms with E-state index in [1.807, 2.05) is 0 Å². The molecule has 0 heterocycles. The average Bonchev–Trinajstić information content (AvgIpc) is 1.63. The molecule has 8 aliphatic carbocycles. The average molecular weight is 1610 g/mol. The molecule has 0 unspecified atom stereocenters. The van der Waals surface area contributed by atoms with Crippen LogP contribution in [0.15, 0.2) is 97.1 Å². The maximum atomic E-state index is 2.60. The molecule has 0 bridgehead atoms. The third-order valence-corrected chi connectivity index (χ3v) is 40.0. The van der Waals surface area contributed by atoms with Crippen molar-refractivity contribution in [2.45, 2.75) is 357 Å². The second-order valence-corrected chi connectivity index (χ2v) is 44.1. The first-order chi connectivity index (χ1) is 46.9. The van der Waals surface area contributed by atoms with Gasteiger partial charge in [0.2, 0.25) is 0 Å². The number of halogens is 2. The van der Waals surface area contributed by atoms with Crippen molar-refractivity contribution in [2.75, 3.05) is 0 Å². The number of benzene rings is 4. The Kier molecular flexibility index (Phi) is 34.0. The molecule has 0 atom stereocenters. The summed E-state index contributed by atoms with van der Waals surface area (Å²) in [6.45, 7) is 18.3. The Morgan fingerprint density at radius 2 is 0.340 bits per heavy atom. The zero-order chi connectivity index (χ0) is 66.1. The second-order valence-electron chi connectivity index (χ2n) is 32.9. The molecule has 0 amide bonds. The van der Waals surface area contributed by atoms with Crippen LogP contribution in [-0.4, -0.2) is 45.3 Å². The number of aryl methyl sites for hydroxylation is 8. The van der Waals surface area contributed by atoms with Gasteiger partial charge in [0.1, 0.15) is 0 Å². The monoisotopic (exact) mass is 1610 g/mol. The van der Waals surface area contributed by atoms with E-state index in [4.69, 9.17) is 0 Å². The van der Waals surface area contributed by atoms with Gasteiger partial charge < -0.3 is 24.8 Å². The van der Waals surface area contributed by atoms with Crippen LogP contribution in [-0.2, 0) is 52.4 Å². The Bertz CT molecular complexity index is 3020. The fourth-order valence-corrected chi connectivity index (χ4v) is 36.0. The molecule has 0 nitrogen and oxygen atoms in total. The quantitative estimate of drug-likeness (QED) is 0.0845. The van der Waals surface area contributed by atoms with Gasteiger partial charge in [-0.25, -0.2) is 0 Å². The van der Waals surface area contributed by atoms with Crippen LogP contribution in [0.5, 0.6) is 0 Å². The van der Waals surface area contributed by atoms with Gasteiger partial charge in [0.05, 0.1) is 0 Å². The molecule has 8 aromatic carbocycles. The summed E-state index contributed by atoms with van der Waals surface area (Å²) >= 11 is 0. The van der Waals surface area contributed by atoms with Crippen LogP contribution in [0.2, 0.25) is 0 Å². The van der Waals surface area contributed by atoms with E-state index in [2.05, 4.69) is 152 Å². The fraction of sp³-hybridized carbons (Fsp3) is 0.609. The van der Waals surface area contributed by atoms with Crippen molar-refractivity contribution in [1.29, 1.82) is 0 Å². The predicted octanol–water partition coefficient (Wildman–Crippen LogP) is 21.8. The Morgan fingerprint density at radius 1 is 0.210 bits per heavy atom. The van der Waals surface area contributed by atoms with Crippen LogP contribution >= 0.6 is 31.7 Å². The third-order valence-electron chi connectivity index (χ3n) is 26.2. The molecular weight excluding hydrogens is 1480 g/mol. The summed E-state index contributed by atoms with van der Waals surface area (Å²) in [7, 11) is 0.145. The number of fused-ring (bicyclic) bond motifs is 4. The molecule has 100 heavy (non-hydrogen) atoms. The van der Waals surface area contributed by atoms with E-state index in [-0.39, 0.29) is 109 Å². The maximum Gasteiger partial charge on any atom is 2.00 e. The molecule has 0 saturated heterocycles. The first-order valence-electron chi connectivity index (χ1n) is 40.8. The number of hydrogen-bond donors (Lipinski definition) is 0. The second kappa shape index (κ2) is 40.7. The van der Waals surface area contributed by atoms with Gasteiger partial charge in [-0.1, -0.05) is 260 Å². The van der Waals surface area contributed by atoms with Crippen LogP contribution < -0.4 is 46.0 Å². The standard InChI is InChI=1S/4C23H32P.2ClH.2Zr/c4*1-17-13-14-18(2)23-16-21(15-22(17)23)24(19-9-5-3-6-10-19)20-11-7-4-8-12-20;;;;/h4*13-16,19-20H,3-12H2,1-2H3;2*1H;;/q4*-1;;;2*+2/p-2. The van der Waals surface area contributed by atoms with Gasteiger partial charge in [-0.05, 0) is 176 Å². The number of hydrogen-bond acceptors (Lipinski definition) is 0. The summed E-state index contributed by atoms with van der Waals surface area (Å²) < 4.78 is 0. The largest absolute Gasteiger partial charge is 2.00 e. The summed E-state index contributed by atoms with van der Waals surface area (Å²) in [5.74, 6) is 0. The van der Waals surface area contributed by atoms with Gasteiger partial charge >= 0.3 is 52.4 Å². The Balaban J connectivity index is 0.000000153. The van der Waals surface area contributed by atoms with Crippen molar-refractivity contribution in [3.05, 3.63) is 142 Å². The minimum absolute atomic E-state index is 0. The smallest absolute Gasteiger partial charge is 1.00 e. The van der Waals surface area contributed by atoms with Gasteiger partial charge in [-0.3, -0.25) is 0 Å². The van der Waals surface area contributed by atoms with Crippen molar-refractivity contribution in [3.8, 4) is 0 Å². The predicted molar refractivity (Wildman–Crippen MR) is 437 cm³/mol. The summed E-state index contributed by atoms with van der Waals surface area (Å²) in [5, 5.41) is 19.2. The maximum absolute atomic E-state index is 2.60. The molecule has 8 heteroatoms. The van der Waals surface area contributed by atoms with Gasteiger partial charge in [-0.15, -0.1) is 135 Å². The Labute approximate surface area is 665 Å². The Morgan fingerprint density at radius 3 is 0.470 bits per heavy atom. The first kappa shape index (κ1) is 83.4. The summed E-state index contributed by atoms with van der Waals surface area (Å²) in [6, 6.07) is 39.3. The van der Waals surface area contributed by atoms with Crippen LogP contribution in [0.25, 0.3) is 43.1 Å². The van der Waals surface area contributed by atoms with Crippen molar-refractivity contribution < 1.29 is 77.2 Å². The third kappa shape index (κ3) is 20.2. The van der Waals surface area contributed by atoms with Crippen LogP contribution in [0.4, 0.5) is 0 Å². The SMILES string of the molecule is Cc1ccc(C)c2[cH-]c(P(C3CCCCC3)C3CCCCC3)cc12.Cc1ccc(C)c2[cH-]c(P(C3CCCCC3)C3CCCCC3)cc12.Cc1ccc(C)c2[cH-]c(P(C3CCCCC3)C3CCCCC3)cc12.Cc1ccc(C)c2[cH-]c(P(C3CCCCC3)C3CCCCC3)cc12.[Cl-].[Cl-].[Zr+2].[Zr+2]. The van der Waals surface area contributed by atoms with Gasteiger partial charge in [-0.2, -0.15) is 24.3 Å². The van der Waals surface area contributed by atoms with E-state index in [0.29, 0.717) is 0 Å². The zero-order valence-corrected chi connectivity index (χ0v) is 73.7. The molecule has 0 aromatic heterocycles. The van der Waals surface area contributed by atoms with E-state index in [1.54, 1.807) is 21.2 Å². The molecular formula is C92H128Cl2P4Zr2-2. The van der Waals surface area contributed by atoms with E-state index >= 15 is 0 Å². The molecule has 8 fully saturated rings. The fourth-order valence-electron chi connectivity index (χ4n) is 20.6. The molecule has 8 aromatic rings. The zero-order valence-electron chi connectivity index (χ0n) is 63.7. The van der Waals surface area contributed by atoms with Gasteiger partial charge in [0.25, 0.3) is 0 Å². The Hall–Kier alpha value is -0.614. The minimum atomic E-state index is 0. The molecule has 540 valence electrons. The van der Waals surface area contributed by atoms with Crippen molar-refractivity contribution in [2.24, 2.45) is 0 Å². The van der Waals surface area contributed by atoms with Crippen LogP contribution in [0.3, 0.4) is 0 Å². The van der Waals surface area contributed by atoms with E-state index in [9.17, 15) is 0 Å². The van der Waals surface area contributed by atoms with Crippen LogP contribution in [0.1, 0.15) is 301 Å². The molecule has 0 spiro atoms. The molecule has 16 rings (SSSR count). The molecule has 0 radical (unpaired) electrons. The number of rotatable bonds is 12. The van der Waals surface area contributed by atoms with Gasteiger partial charge in [0, 0.05) is 0 Å². The van der Waals surface area contributed by atoms with Crippen LogP contribution in [0, 0.1) is 55.4 Å². The van der Waals surface area contributed by atoms with E-state index in [1.165, 1.54) is 344 Å². The van der Waals surface area contributed by atoms with Crippen molar-refractivity contribution in [1.82, 2.24) is 0 Å².